The van der Waals surface area contributed by atoms with Crippen LogP contribution in [0.5, 0.6) is 11.5 Å². The number of nitrogens with zero attached hydrogens (tertiary/aromatic N) is 2. The van der Waals surface area contributed by atoms with Gasteiger partial charge < -0.3 is 14.0 Å². The van der Waals surface area contributed by atoms with E-state index >= 15 is 0 Å². The molecule has 1 heterocycles. The van der Waals surface area contributed by atoms with E-state index in [0.717, 1.165) is 18.6 Å². The molecular formula is C23H26Cl2N2O2. The van der Waals surface area contributed by atoms with Gasteiger partial charge in [-0.05, 0) is 63.4 Å². The van der Waals surface area contributed by atoms with E-state index in [0.29, 0.717) is 22.3 Å². The monoisotopic (exact) mass is 432 g/mol. The number of aryl methyl sites for hydroxylation is 1. The number of aromatic nitrogens is 2. The van der Waals surface area contributed by atoms with Gasteiger partial charge in [-0.3, -0.25) is 0 Å². The molecule has 0 radical (unpaired) electrons. The third-order valence-electron chi connectivity index (χ3n) is 4.28. The largest absolute Gasteiger partial charge is 0.488 e. The third-order valence-corrected chi connectivity index (χ3v) is 4.87. The van der Waals surface area contributed by atoms with Crippen molar-refractivity contribution in [3.63, 3.8) is 0 Å². The Morgan fingerprint density at radius 1 is 1.03 bits per heavy atom. The fourth-order valence-corrected chi connectivity index (χ4v) is 3.47. The molecule has 0 aliphatic carbocycles. The number of rotatable bonds is 8. The second-order valence-corrected chi connectivity index (χ2v) is 8.76. The van der Waals surface area contributed by atoms with Crippen molar-refractivity contribution in [2.24, 2.45) is 0 Å². The lowest BCUT2D eigenvalue weighted by molar-refractivity contribution is 0.131. The fraction of sp³-hybridized carbons (Fsp3) is 0.348. The van der Waals surface area contributed by atoms with Crippen molar-refractivity contribution in [3.05, 3.63) is 76.8 Å². The molecule has 0 spiro atoms. The summed E-state index contributed by atoms with van der Waals surface area (Å²) < 4.78 is 14.1. The van der Waals surface area contributed by atoms with E-state index < -0.39 is 0 Å². The maximum Gasteiger partial charge on any atom is 0.156 e. The Balaban J connectivity index is 1.68. The van der Waals surface area contributed by atoms with E-state index in [2.05, 4.69) is 17.1 Å². The summed E-state index contributed by atoms with van der Waals surface area (Å²) >= 11 is 12.6. The van der Waals surface area contributed by atoms with Gasteiger partial charge in [-0.2, -0.15) is 0 Å². The highest BCUT2D eigenvalue weighted by Gasteiger charge is 2.17. The topological polar surface area (TPSA) is 36.3 Å². The fourth-order valence-electron chi connectivity index (χ4n) is 2.98. The highest BCUT2D eigenvalue weighted by molar-refractivity contribution is 6.37. The average Bonchev–Trinajstić information content (AvgIpc) is 3.15. The van der Waals surface area contributed by atoms with Gasteiger partial charge in [-0.25, -0.2) is 4.98 Å². The number of hydrogen-bond donors (Lipinski definition) is 0. The van der Waals surface area contributed by atoms with Crippen molar-refractivity contribution in [1.82, 2.24) is 9.55 Å². The summed E-state index contributed by atoms with van der Waals surface area (Å²) in [7, 11) is 0. The van der Waals surface area contributed by atoms with Crippen LogP contribution in [0.4, 0.5) is 0 Å². The van der Waals surface area contributed by atoms with Crippen LogP contribution in [0.25, 0.3) is 0 Å². The molecule has 0 fully saturated rings. The molecule has 0 saturated carbocycles. The van der Waals surface area contributed by atoms with Crippen LogP contribution in [0, 0.1) is 0 Å². The molecule has 3 aromatic rings. The van der Waals surface area contributed by atoms with E-state index in [1.807, 2.05) is 49.7 Å². The molecule has 2 aromatic carbocycles. The lowest BCUT2D eigenvalue weighted by Gasteiger charge is -2.22. The van der Waals surface area contributed by atoms with Crippen LogP contribution >= 0.6 is 23.2 Å². The van der Waals surface area contributed by atoms with Crippen LogP contribution < -0.4 is 9.47 Å². The molecule has 0 aliphatic heterocycles. The second-order valence-electron chi connectivity index (χ2n) is 7.95. The maximum atomic E-state index is 6.30. The van der Waals surface area contributed by atoms with Gasteiger partial charge in [-0.15, -0.1) is 0 Å². The molecule has 0 amide bonds. The SMILES string of the molecule is CC(C)(C)Oc1ccc(CCC(Cn2ccnc2)Oc2c(Cl)cccc2Cl)cc1. The number of benzene rings is 2. The summed E-state index contributed by atoms with van der Waals surface area (Å²) in [6, 6.07) is 13.6. The molecular weight excluding hydrogens is 407 g/mol. The number of halogens is 2. The molecule has 0 N–H and O–H groups in total. The summed E-state index contributed by atoms with van der Waals surface area (Å²) in [5.74, 6) is 1.39. The Kier molecular flexibility index (Phi) is 7.09. The molecule has 4 nitrogen and oxygen atoms in total. The van der Waals surface area contributed by atoms with Gasteiger partial charge in [0.15, 0.2) is 5.75 Å². The molecule has 1 atom stereocenters. The van der Waals surface area contributed by atoms with Gasteiger partial charge in [0.05, 0.1) is 22.9 Å². The lowest BCUT2D eigenvalue weighted by atomic mass is 10.1. The predicted molar refractivity (Wildman–Crippen MR) is 118 cm³/mol. The van der Waals surface area contributed by atoms with Crippen molar-refractivity contribution in [2.75, 3.05) is 0 Å². The first-order valence-electron chi connectivity index (χ1n) is 9.64. The molecule has 0 saturated heterocycles. The van der Waals surface area contributed by atoms with Crippen LogP contribution in [0.15, 0.2) is 61.2 Å². The zero-order chi connectivity index (χ0) is 20.9. The summed E-state index contributed by atoms with van der Waals surface area (Å²) in [4.78, 5) is 4.12. The average molecular weight is 433 g/mol. The number of imidazole rings is 1. The van der Waals surface area contributed by atoms with Gasteiger partial charge >= 0.3 is 0 Å². The highest BCUT2D eigenvalue weighted by Crippen LogP contribution is 2.34. The van der Waals surface area contributed by atoms with Gasteiger partial charge in [-0.1, -0.05) is 41.4 Å². The Hall–Kier alpha value is -2.17. The smallest absolute Gasteiger partial charge is 0.156 e. The predicted octanol–water partition coefficient (Wildman–Crippen LogP) is 6.45. The molecule has 1 aromatic heterocycles. The quantitative estimate of drug-likeness (QED) is 0.410. The molecule has 0 aliphatic rings. The zero-order valence-corrected chi connectivity index (χ0v) is 18.5. The highest BCUT2D eigenvalue weighted by atomic mass is 35.5. The van der Waals surface area contributed by atoms with Crippen LogP contribution in [-0.4, -0.2) is 21.3 Å². The Morgan fingerprint density at radius 2 is 1.72 bits per heavy atom. The summed E-state index contributed by atoms with van der Waals surface area (Å²) in [5.41, 5.74) is 1.01. The Morgan fingerprint density at radius 3 is 2.31 bits per heavy atom. The van der Waals surface area contributed by atoms with Crippen molar-refractivity contribution >= 4 is 23.2 Å². The Labute approximate surface area is 182 Å². The summed E-state index contributed by atoms with van der Waals surface area (Å²) in [6.45, 7) is 6.78. The first-order chi connectivity index (χ1) is 13.8. The van der Waals surface area contributed by atoms with E-state index in [9.17, 15) is 0 Å². The van der Waals surface area contributed by atoms with Crippen LogP contribution in [0.1, 0.15) is 32.8 Å². The first-order valence-corrected chi connectivity index (χ1v) is 10.4. The van der Waals surface area contributed by atoms with Crippen molar-refractivity contribution in [2.45, 2.75) is 51.9 Å². The van der Waals surface area contributed by atoms with E-state index in [1.165, 1.54) is 5.56 Å². The molecule has 6 heteroatoms. The van der Waals surface area contributed by atoms with Gasteiger partial charge in [0.1, 0.15) is 17.5 Å². The maximum absolute atomic E-state index is 6.30. The van der Waals surface area contributed by atoms with Gasteiger partial charge in [0.2, 0.25) is 0 Å². The molecule has 154 valence electrons. The second kappa shape index (κ2) is 9.55. The lowest BCUT2D eigenvalue weighted by Crippen LogP contribution is -2.24. The molecule has 1 unspecified atom stereocenters. The van der Waals surface area contributed by atoms with Gasteiger partial charge in [0.25, 0.3) is 0 Å². The zero-order valence-electron chi connectivity index (χ0n) is 16.9. The molecule has 0 bridgehead atoms. The number of ether oxygens (including phenoxy) is 2. The minimum atomic E-state index is -0.209. The van der Waals surface area contributed by atoms with Crippen molar-refractivity contribution in [1.29, 1.82) is 0 Å². The van der Waals surface area contributed by atoms with Crippen molar-refractivity contribution < 1.29 is 9.47 Å². The van der Waals surface area contributed by atoms with Crippen LogP contribution in [0.3, 0.4) is 0 Å². The minimum Gasteiger partial charge on any atom is -0.488 e. The number of hydrogen-bond acceptors (Lipinski definition) is 3. The first kappa shape index (κ1) is 21.5. The van der Waals surface area contributed by atoms with Crippen LogP contribution in [0.2, 0.25) is 10.0 Å². The molecule has 3 rings (SSSR count). The summed E-state index contributed by atoms with van der Waals surface area (Å²) in [6.07, 6.45) is 7.02. The Bertz CT molecular complexity index is 883. The standard InChI is InChI=1S/C23H26Cl2N2O2/c1-23(2,3)29-18-10-7-17(8-11-18)9-12-19(15-27-14-13-26-16-27)28-22-20(24)5-4-6-21(22)25/h4-8,10-11,13-14,16,19H,9,12,15H2,1-3H3. The van der Waals surface area contributed by atoms with E-state index in [-0.39, 0.29) is 11.7 Å². The minimum absolute atomic E-state index is 0.105. The van der Waals surface area contributed by atoms with E-state index in [1.54, 1.807) is 24.7 Å². The van der Waals surface area contributed by atoms with Crippen LogP contribution in [-0.2, 0) is 13.0 Å². The summed E-state index contributed by atoms with van der Waals surface area (Å²) in [5, 5.41) is 1.02. The number of para-hydroxylation sites is 1. The third kappa shape index (κ3) is 6.69. The normalized spacial score (nSPS) is 12.6. The molecule has 29 heavy (non-hydrogen) atoms. The van der Waals surface area contributed by atoms with E-state index in [4.69, 9.17) is 32.7 Å². The van der Waals surface area contributed by atoms with Crippen molar-refractivity contribution in [3.8, 4) is 11.5 Å². The van der Waals surface area contributed by atoms with Gasteiger partial charge in [0, 0.05) is 12.4 Å².